The molecule has 0 aromatic heterocycles. The van der Waals surface area contributed by atoms with E-state index in [-0.39, 0.29) is 0 Å². The maximum atomic E-state index is 5.85. The highest BCUT2D eigenvalue weighted by Crippen LogP contribution is 2.19. The maximum absolute atomic E-state index is 5.85. The van der Waals surface area contributed by atoms with E-state index in [2.05, 4.69) is 0 Å². The van der Waals surface area contributed by atoms with Crippen LogP contribution in [0.25, 0.3) is 0 Å². The van der Waals surface area contributed by atoms with E-state index in [0.717, 1.165) is 18.8 Å². The van der Waals surface area contributed by atoms with Crippen LogP contribution in [0.3, 0.4) is 0 Å². The molecular weight excluding hydrogens is 212 g/mol. The van der Waals surface area contributed by atoms with Gasteiger partial charge in [0.1, 0.15) is 5.75 Å². The molecule has 1 aromatic carbocycles. The van der Waals surface area contributed by atoms with Crippen LogP contribution in [0.1, 0.15) is 19.3 Å². The highest BCUT2D eigenvalue weighted by molar-refractivity contribution is 6.30. The molecule has 1 saturated heterocycles. The van der Waals surface area contributed by atoms with Crippen molar-refractivity contribution in [1.82, 2.24) is 0 Å². The summed E-state index contributed by atoms with van der Waals surface area (Å²) >= 11 is 5.85. The molecule has 0 spiro atoms. The van der Waals surface area contributed by atoms with Crippen LogP contribution in [0, 0.1) is 0 Å². The summed E-state index contributed by atoms with van der Waals surface area (Å²) in [5.74, 6) is 0.834. The average Bonchev–Trinajstić information content (AvgIpc) is 2.71. The van der Waals surface area contributed by atoms with Crippen LogP contribution in [0.4, 0.5) is 0 Å². The molecule has 2 nitrogen and oxygen atoms in total. The van der Waals surface area contributed by atoms with Crippen LogP contribution < -0.4 is 4.74 Å². The summed E-state index contributed by atoms with van der Waals surface area (Å²) in [5.41, 5.74) is 0. The molecule has 2 rings (SSSR count). The second kappa shape index (κ2) is 5.38. The number of benzene rings is 1. The van der Waals surface area contributed by atoms with E-state index in [1.54, 1.807) is 0 Å². The zero-order valence-corrected chi connectivity index (χ0v) is 9.37. The van der Waals surface area contributed by atoms with Gasteiger partial charge in [-0.15, -0.1) is 0 Å². The van der Waals surface area contributed by atoms with E-state index < -0.39 is 0 Å². The molecule has 1 aliphatic heterocycles. The fourth-order valence-corrected chi connectivity index (χ4v) is 1.92. The summed E-state index contributed by atoms with van der Waals surface area (Å²) in [6, 6.07) is 7.48. The lowest BCUT2D eigenvalue weighted by molar-refractivity contribution is 0.0903. The summed E-state index contributed by atoms with van der Waals surface area (Å²) < 4.78 is 11.1. The Morgan fingerprint density at radius 1 is 1.47 bits per heavy atom. The first-order valence-electron chi connectivity index (χ1n) is 5.34. The number of hydrogen-bond acceptors (Lipinski definition) is 2. The van der Waals surface area contributed by atoms with Crippen molar-refractivity contribution in [3.05, 3.63) is 29.3 Å². The second-order valence-corrected chi connectivity index (χ2v) is 4.17. The lowest BCUT2D eigenvalue weighted by Crippen LogP contribution is -2.10. The van der Waals surface area contributed by atoms with Gasteiger partial charge in [-0.05, 0) is 31.0 Å². The summed E-state index contributed by atoms with van der Waals surface area (Å²) in [4.78, 5) is 0. The summed E-state index contributed by atoms with van der Waals surface area (Å²) in [6.07, 6.45) is 3.71. The lowest BCUT2D eigenvalue weighted by atomic mass is 10.2. The average molecular weight is 227 g/mol. The van der Waals surface area contributed by atoms with Crippen LogP contribution in [0.15, 0.2) is 24.3 Å². The van der Waals surface area contributed by atoms with Gasteiger partial charge in [-0.1, -0.05) is 17.7 Å². The quantitative estimate of drug-likeness (QED) is 0.785. The largest absolute Gasteiger partial charge is 0.493 e. The Kier molecular flexibility index (Phi) is 3.87. The fraction of sp³-hybridized carbons (Fsp3) is 0.500. The van der Waals surface area contributed by atoms with Crippen molar-refractivity contribution in [2.75, 3.05) is 13.2 Å². The van der Waals surface area contributed by atoms with Gasteiger partial charge in [0, 0.05) is 18.1 Å². The van der Waals surface area contributed by atoms with E-state index in [9.17, 15) is 0 Å². The van der Waals surface area contributed by atoms with Crippen molar-refractivity contribution in [2.24, 2.45) is 0 Å². The third-order valence-electron chi connectivity index (χ3n) is 2.53. The predicted octanol–water partition coefficient (Wildman–Crippen LogP) is 3.29. The maximum Gasteiger partial charge on any atom is 0.120 e. The van der Waals surface area contributed by atoms with Crippen molar-refractivity contribution in [1.29, 1.82) is 0 Å². The molecule has 3 heteroatoms. The number of hydrogen-bond donors (Lipinski definition) is 0. The SMILES string of the molecule is Clc1cccc(OCCC2CCCO2)c1. The molecule has 1 fully saturated rings. The molecule has 1 atom stereocenters. The molecule has 1 aromatic rings. The van der Waals surface area contributed by atoms with E-state index in [1.807, 2.05) is 24.3 Å². The number of ether oxygens (including phenoxy) is 2. The first kappa shape index (κ1) is 10.8. The third-order valence-corrected chi connectivity index (χ3v) is 2.76. The molecule has 0 saturated carbocycles. The Hall–Kier alpha value is -0.730. The normalized spacial score (nSPS) is 20.5. The van der Waals surface area contributed by atoms with Crippen molar-refractivity contribution in [3.63, 3.8) is 0 Å². The van der Waals surface area contributed by atoms with E-state index in [4.69, 9.17) is 21.1 Å². The van der Waals surface area contributed by atoms with Crippen molar-refractivity contribution in [2.45, 2.75) is 25.4 Å². The van der Waals surface area contributed by atoms with Gasteiger partial charge in [0.2, 0.25) is 0 Å². The Morgan fingerprint density at radius 3 is 3.13 bits per heavy atom. The first-order chi connectivity index (χ1) is 7.34. The van der Waals surface area contributed by atoms with Gasteiger partial charge in [0.15, 0.2) is 0 Å². The van der Waals surface area contributed by atoms with Gasteiger partial charge in [-0.25, -0.2) is 0 Å². The zero-order valence-electron chi connectivity index (χ0n) is 8.62. The minimum Gasteiger partial charge on any atom is -0.493 e. The molecule has 1 heterocycles. The van der Waals surface area contributed by atoms with Crippen LogP contribution in [-0.2, 0) is 4.74 Å². The molecular formula is C12H15ClO2. The van der Waals surface area contributed by atoms with Gasteiger partial charge in [0.05, 0.1) is 12.7 Å². The molecule has 0 amide bonds. The lowest BCUT2D eigenvalue weighted by Gasteiger charge is -2.10. The summed E-state index contributed by atoms with van der Waals surface area (Å²) in [5, 5.41) is 0.713. The Bertz CT molecular complexity index is 308. The van der Waals surface area contributed by atoms with Crippen LogP contribution >= 0.6 is 11.6 Å². The highest BCUT2D eigenvalue weighted by Gasteiger charge is 2.14. The standard InChI is InChI=1S/C12H15ClO2/c13-10-3-1-4-12(9-10)15-8-6-11-5-2-7-14-11/h1,3-4,9,11H,2,5-8H2. The Labute approximate surface area is 95.1 Å². The number of halogens is 1. The Balaban J connectivity index is 1.73. The molecule has 0 radical (unpaired) electrons. The van der Waals surface area contributed by atoms with Gasteiger partial charge < -0.3 is 9.47 Å². The van der Waals surface area contributed by atoms with Gasteiger partial charge in [-0.2, -0.15) is 0 Å². The van der Waals surface area contributed by atoms with Crippen LogP contribution in [0.5, 0.6) is 5.75 Å². The monoisotopic (exact) mass is 226 g/mol. The van der Waals surface area contributed by atoms with Crippen LogP contribution in [-0.4, -0.2) is 19.3 Å². The molecule has 15 heavy (non-hydrogen) atoms. The minimum absolute atomic E-state index is 0.393. The molecule has 1 unspecified atom stereocenters. The van der Waals surface area contributed by atoms with Crippen molar-refractivity contribution >= 4 is 11.6 Å². The minimum atomic E-state index is 0.393. The molecule has 1 aliphatic rings. The number of rotatable bonds is 4. The van der Waals surface area contributed by atoms with Gasteiger partial charge in [0.25, 0.3) is 0 Å². The molecule has 82 valence electrons. The first-order valence-corrected chi connectivity index (χ1v) is 5.72. The van der Waals surface area contributed by atoms with Gasteiger partial charge >= 0.3 is 0 Å². The smallest absolute Gasteiger partial charge is 0.120 e. The summed E-state index contributed by atoms with van der Waals surface area (Å²) in [7, 11) is 0. The van der Waals surface area contributed by atoms with Crippen molar-refractivity contribution in [3.8, 4) is 5.75 Å². The molecule has 0 aliphatic carbocycles. The Morgan fingerprint density at radius 2 is 2.40 bits per heavy atom. The van der Waals surface area contributed by atoms with E-state index in [1.165, 1.54) is 12.8 Å². The highest BCUT2D eigenvalue weighted by atomic mass is 35.5. The molecule has 0 N–H and O–H groups in total. The van der Waals surface area contributed by atoms with Gasteiger partial charge in [-0.3, -0.25) is 0 Å². The predicted molar refractivity (Wildman–Crippen MR) is 60.5 cm³/mol. The topological polar surface area (TPSA) is 18.5 Å². The summed E-state index contributed by atoms with van der Waals surface area (Å²) in [6.45, 7) is 1.60. The van der Waals surface area contributed by atoms with Crippen molar-refractivity contribution < 1.29 is 9.47 Å². The van der Waals surface area contributed by atoms with E-state index in [0.29, 0.717) is 17.7 Å². The third kappa shape index (κ3) is 3.40. The van der Waals surface area contributed by atoms with E-state index >= 15 is 0 Å². The molecule has 0 bridgehead atoms. The fourth-order valence-electron chi connectivity index (χ4n) is 1.74. The zero-order chi connectivity index (χ0) is 10.5. The van der Waals surface area contributed by atoms with Crippen LogP contribution in [0.2, 0.25) is 5.02 Å². The second-order valence-electron chi connectivity index (χ2n) is 3.73.